The molecule has 4 aliphatic rings. The Morgan fingerprint density at radius 1 is 0.622 bits per heavy atom. The lowest BCUT2D eigenvalue weighted by Crippen LogP contribution is -2.68. The zero-order valence-corrected chi connectivity index (χ0v) is 22.1. The second-order valence-corrected chi connectivity index (χ2v) is 10.6. The van der Waals surface area contributed by atoms with Crippen molar-refractivity contribution in [1.29, 1.82) is 0 Å². The van der Waals surface area contributed by atoms with Crippen LogP contribution >= 0.6 is 0 Å². The van der Waals surface area contributed by atoms with E-state index in [1.54, 1.807) is 0 Å². The standard InChI is InChI=1S/C28H14F6N2O9/c1-10-13-4-2-11(6-15(13)22(40)44-10)35-19(37)17(27(29,30)31)8-26(24(35)42)9-18(28(32,33)34)20(38)36(25(26)43)12-3-5-14-16(7-12)23(41)45-21(14)39/h2-7,17-18H,1,8-9H2/t17?,18?,26-/m0/s1. The van der Waals surface area contributed by atoms with Crippen LogP contribution < -0.4 is 9.80 Å². The monoisotopic (exact) mass is 636 g/mol. The molecule has 6 rings (SSSR count). The lowest BCUT2D eigenvalue weighted by molar-refractivity contribution is -0.204. The summed E-state index contributed by atoms with van der Waals surface area (Å²) in [5, 5.41) is 0. The number of fused-ring (bicyclic) bond motifs is 2. The summed E-state index contributed by atoms with van der Waals surface area (Å²) in [6.45, 7) is 3.47. The van der Waals surface area contributed by atoms with Crippen molar-refractivity contribution in [2.45, 2.75) is 25.2 Å². The van der Waals surface area contributed by atoms with Crippen molar-refractivity contribution in [3.05, 3.63) is 65.2 Å². The van der Waals surface area contributed by atoms with Crippen LogP contribution in [0.2, 0.25) is 0 Å². The Hall–Kier alpha value is -5.35. The largest absolute Gasteiger partial charge is 0.423 e. The van der Waals surface area contributed by atoms with Crippen LogP contribution in [-0.2, 0) is 28.7 Å². The maximum atomic E-state index is 14.3. The Morgan fingerprint density at radius 2 is 1.02 bits per heavy atom. The van der Waals surface area contributed by atoms with Crippen molar-refractivity contribution >= 4 is 58.7 Å². The molecule has 2 aromatic rings. The van der Waals surface area contributed by atoms with Crippen molar-refractivity contribution < 1.29 is 69.4 Å². The first-order valence-corrected chi connectivity index (χ1v) is 12.7. The first-order chi connectivity index (χ1) is 20.9. The predicted octanol–water partition coefficient (Wildman–Crippen LogP) is 3.71. The van der Waals surface area contributed by atoms with Crippen LogP contribution in [0.1, 0.15) is 49.5 Å². The number of amides is 4. The highest BCUT2D eigenvalue weighted by atomic mass is 19.4. The summed E-state index contributed by atoms with van der Waals surface area (Å²) in [5.41, 5.74) is -5.98. The molecule has 0 N–H and O–H groups in total. The van der Waals surface area contributed by atoms with Gasteiger partial charge in [0.2, 0.25) is 23.6 Å². The SMILES string of the molecule is C=C1OC(=O)c2cc(N3C(=O)C(C(F)(F)F)C[C@]4(CC(C(F)(F)F)C(=O)N(c5ccc6c(c5)C(=O)OC6=O)C4=O)C3=O)ccc21. The lowest BCUT2D eigenvalue weighted by atomic mass is 9.65. The van der Waals surface area contributed by atoms with E-state index in [0.717, 1.165) is 30.3 Å². The number of anilines is 2. The van der Waals surface area contributed by atoms with Crippen LogP contribution in [0.4, 0.5) is 37.7 Å². The fraction of sp³-hybridized carbons (Fsp3) is 0.250. The van der Waals surface area contributed by atoms with Crippen LogP contribution in [0.5, 0.6) is 0 Å². The van der Waals surface area contributed by atoms with Gasteiger partial charge in [-0.25, -0.2) is 24.2 Å². The molecule has 2 unspecified atom stereocenters. The molecule has 0 bridgehead atoms. The topological polar surface area (TPSA) is 144 Å². The Labute approximate surface area is 245 Å². The fourth-order valence-electron chi connectivity index (χ4n) is 5.85. The van der Waals surface area contributed by atoms with Gasteiger partial charge in [-0.1, -0.05) is 6.58 Å². The lowest BCUT2D eigenvalue weighted by Gasteiger charge is -2.48. The Bertz CT molecular complexity index is 1700. The minimum atomic E-state index is -5.51. The number of alkyl halides is 6. The summed E-state index contributed by atoms with van der Waals surface area (Å²) in [5.74, 6) is -17.6. The highest BCUT2D eigenvalue weighted by Gasteiger charge is 2.69. The molecule has 4 heterocycles. The molecule has 2 saturated heterocycles. The average molecular weight is 636 g/mol. The van der Waals surface area contributed by atoms with Crippen LogP contribution in [0.25, 0.3) is 5.76 Å². The third-order valence-electron chi connectivity index (χ3n) is 8.04. The van der Waals surface area contributed by atoms with Gasteiger partial charge in [0.05, 0.1) is 28.1 Å². The maximum Gasteiger partial charge on any atom is 0.400 e. The summed E-state index contributed by atoms with van der Waals surface area (Å²) >= 11 is 0. The fourth-order valence-corrected chi connectivity index (χ4v) is 5.85. The molecule has 17 heteroatoms. The van der Waals surface area contributed by atoms with Gasteiger partial charge in [0.25, 0.3) is 0 Å². The summed E-state index contributed by atoms with van der Waals surface area (Å²) in [6, 6.07) is 5.05. The molecule has 1 spiro atoms. The number of carbonyl (C=O) groups excluding carboxylic acids is 7. The van der Waals surface area contributed by atoms with Gasteiger partial charge in [0.15, 0.2) is 0 Å². The van der Waals surface area contributed by atoms with Gasteiger partial charge < -0.3 is 9.47 Å². The van der Waals surface area contributed by atoms with Gasteiger partial charge in [0.1, 0.15) is 23.0 Å². The molecule has 4 aliphatic heterocycles. The molecule has 0 saturated carbocycles. The molecule has 11 nitrogen and oxygen atoms in total. The number of halogens is 6. The second kappa shape index (κ2) is 9.33. The maximum absolute atomic E-state index is 14.3. The first kappa shape index (κ1) is 29.7. The van der Waals surface area contributed by atoms with E-state index in [2.05, 4.69) is 11.3 Å². The Morgan fingerprint density at radius 3 is 1.49 bits per heavy atom. The molecular weight excluding hydrogens is 622 g/mol. The molecule has 232 valence electrons. The van der Waals surface area contributed by atoms with Crippen molar-refractivity contribution in [1.82, 2.24) is 0 Å². The minimum absolute atomic E-state index is 0.0546. The smallest absolute Gasteiger partial charge is 0.400 e. The Balaban J connectivity index is 1.54. The molecule has 3 atom stereocenters. The van der Waals surface area contributed by atoms with Gasteiger partial charge in [-0.2, -0.15) is 26.3 Å². The van der Waals surface area contributed by atoms with Gasteiger partial charge in [-0.05, 0) is 49.2 Å². The number of cyclic esters (lactones) is 3. The van der Waals surface area contributed by atoms with E-state index in [-0.39, 0.29) is 32.2 Å². The number of benzene rings is 2. The van der Waals surface area contributed by atoms with E-state index in [1.165, 1.54) is 0 Å². The molecule has 0 aromatic heterocycles. The predicted molar refractivity (Wildman–Crippen MR) is 133 cm³/mol. The van der Waals surface area contributed by atoms with Gasteiger partial charge in [-0.3, -0.25) is 19.2 Å². The number of hydrogen-bond acceptors (Lipinski definition) is 9. The molecule has 2 fully saturated rings. The number of piperidine rings is 2. The van der Waals surface area contributed by atoms with E-state index in [9.17, 15) is 59.9 Å². The number of hydrogen-bond donors (Lipinski definition) is 0. The average Bonchev–Trinajstić information content (AvgIpc) is 3.39. The number of rotatable bonds is 2. The van der Waals surface area contributed by atoms with Crippen LogP contribution in [0.15, 0.2) is 43.0 Å². The molecule has 45 heavy (non-hydrogen) atoms. The van der Waals surface area contributed by atoms with Crippen molar-refractivity contribution in [2.75, 3.05) is 9.80 Å². The third kappa shape index (κ3) is 4.24. The van der Waals surface area contributed by atoms with E-state index < -0.39 is 101 Å². The third-order valence-corrected chi connectivity index (χ3v) is 8.04. The number of carbonyl (C=O) groups is 7. The molecule has 2 aromatic carbocycles. The summed E-state index contributed by atoms with van der Waals surface area (Å²) in [7, 11) is 0. The Kier molecular flexibility index (Phi) is 6.16. The van der Waals surface area contributed by atoms with Crippen LogP contribution in [0.3, 0.4) is 0 Å². The van der Waals surface area contributed by atoms with Gasteiger partial charge in [0, 0.05) is 5.56 Å². The highest BCUT2D eigenvalue weighted by molar-refractivity contribution is 6.32. The van der Waals surface area contributed by atoms with E-state index in [1.807, 2.05) is 0 Å². The van der Waals surface area contributed by atoms with E-state index in [4.69, 9.17) is 4.74 Å². The molecule has 4 amide bonds. The summed E-state index contributed by atoms with van der Waals surface area (Å²) in [6.07, 6.45) is -14.6. The van der Waals surface area contributed by atoms with Crippen molar-refractivity contribution in [3.63, 3.8) is 0 Å². The zero-order chi connectivity index (χ0) is 33.0. The second-order valence-electron chi connectivity index (χ2n) is 10.6. The zero-order valence-electron chi connectivity index (χ0n) is 22.1. The van der Waals surface area contributed by atoms with Crippen molar-refractivity contribution in [2.24, 2.45) is 17.3 Å². The normalized spacial score (nSPS) is 25.2. The summed E-state index contributed by atoms with van der Waals surface area (Å²) < 4.78 is 95.1. The van der Waals surface area contributed by atoms with E-state index in [0.29, 0.717) is 6.07 Å². The minimum Gasteiger partial charge on any atom is -0.423 e. The number of ether oxygens (including phenoxy) is 2. The van der Waals surface area contributed by atoms with Gasteiger partial charge in [-0.15, -0.1) is 0 Å². The molecular formula is C28H14F6N2O9. The molecule has 0 aliphatic carbocycles. The van der Waals surface area contributed by atoms with Gasteiger partial charge >= 0.3 is 30.3 Å². The van der Waals surface area contributed by atoms with Crippen LogP contribution in [0, 0.1) is 17.3 Å². The number of nitrogens with zero attached hydrogens (tertiary/aromatic N) is 2. The molecule has 0 radical (unpaired) electrons. The number of imide groups is 2. The highest BCUT2D eigenvalue weighted by Crippen LogP contribution is 2.53. The number of esters is 3. The van der Waals surface area contributed by atoms with Crippen LogP contribution in [-0.4, -0.2) is 53.9 Å². The van der Waals surface area contributed by atoms with E-state index >= 15 is 0 Å². The first-order valence-electron chi connectivity index (χ1n) is 12.7. The quantitative estimate of drug-likeness (QED) is 0.209. The summed E-state index contributed by atoms with van der Waals surface area (Å²) in [4.78, 5) is 90.3. The van der Waals surface area contributed by atoms with Crippen molar-refractivity contribution in [3.8, 4) is 0 Å².